The lowest BCUT2D eigenvalue weighted by Crippen LogP contribution is -2.65. The molecule has 0 aromatic heterocycles. The molecule has 2 bridgehead atoms. The zero-order valence-electron chi connectivity index (χ0n) is 21.5. The van der Waals surface area contributed by atoms with E-state index in [9.17, 15) is 17.6 Å². The molecule has 1 amide bonds. The van der Waals surface area contributed by atoms with Gasteiger partial charge in [0, 0.05) is 6.54 Å². The number of hydrogen-bond donors (Lipinski definition) is 3. The molecule has 0 unspecified atom stereocenters. The molecule has 8 nitrogen and oxygen atoms in total. The van der Waals surface area contributed by atoms with Gasteiger partial charge in [-0.2, -0.15) is 0 Å². The second kappa shape index (κ2) is 10.5. The van der Waals surface area contributed by atoms with E-state index < -0.39 is 46.5 Å². The summed E-state index contributed by atoms with van der Waals surface area (Å²) in [7, 11) is -4.52. The van der Waals surface area contributed by atoms with Crippen LogP contribution in [0.25, 0.3) is 0 Å². The summed E-state index contributed by atoms with van der Waals surface area (Å²) in [5.74, 6) is -0.154. The van der Waals surface area contributed by atoms with Crippen molar-refractivity contribution in [3.05, 3.63) is 30.1 Å². The Kier molecular flexibility index (Phi) is 8.55. The van der Waals surface area contributed by atoms with Crippen molar-refractivity contribution in [3.8, 4) is 0 Å². The number of benzene rings is 1. The van der Waals surface area contributed by atoms with Crippen LogP contribution >= 0.6 is 12.4 Å². The van der Waals surface area contributed by atoms with Crippen LogP contribution in [0.2, 0.25) is 0 Å². The number of nitrogens with two attached hydrogens (primary N) is 1. The van der Waals surface area contributed by atoms with Crippen molar-refractivity contribution < 1.29 is 26.9 Å². The predicted octanol–water partition coefficient (Wildman–Crippen LogP) is 2.65. The smallest absolute Gasteiger partial charge is 0.404 e. The molecular weight excluding hydrogens is 508 g/mol. The van der Waals surface area contributed by atoms with Gasteiger partial charge in [-0.25, -0.2) is 17.5 Å². The van der Waals surface area contributed by atoms with E-state index in [1.807, 2.05) is 0 Å². The van der Waals surface area contributed by atoms with Gasteiger partial charge in [-0.3, -0.25) is 4.79 Å². The molecule has 12 heteroatoms. The molecule has 1 aromatic carbocycles. The van der Waals surface area contributed by atoms with Gasteiger partial charge in [0.2, 0.25) is 15.9 Å². The Morgan fingerprint density at radius 2 is 1.86 bits per heavy atom. The van der Waals surface area contributed by atoms with Gasteiger partial charge in [0.25, 0.3) is 0 Å². The highest BCUT2D eigenvalue weighted by atomic mass is 35.5. The lowest BCUT2D eigenvalue weighted by atomic mass is 9.43. The zero-order chi connectivity index (χ0) is 25.8. The van der Waals surface area contributed by atoms with Crippen LogP contribution < -0.4 is 15.8 Å². The van der Waals surface area contributed by atoms with Crippen molar-refractivity contribution in [2.75, 3.05) is 6.54 Å². The summed E-state index contributed by atoms with van der Waals surface area (Å²) >= 11 is 0. The van der Waals surface area contributed by atoms with Gasteiger partial charge in [0.15, 0.2) is 0 Å². The lowest BCUT2D eigenvalue weighted by Gasteiger charge is -2.64. The third kappa shape index (κ3) is 5.47. The molecule has 5 rings (SSSR count). The van der Waals surface area contributed by atoms with Gasteiger partial charge in [0.1, 0.15) is 5.82 Å². The van der Waals surface area contributed by atoms with E-state index >= 15 is 0 Å². The first-order valence-electron chi connectivity index (χ1n) is 12.4. The number of hydrogen-bond acceptors (Lipinski definition) is 6. The van der Waals surface area contributed by atoms with E-state index in [2.05, 4.69) is 44.7 Å². The Labute approximate surface area is 220 Å². The highest BCUT2D eigenvalue weighted by molar-refractivity contribution is 7.89. The van der Waals surface area contributed by atoms with Crippen molar-refractivity contribution in [3.63, 3.8) is 0 Å². The fraction of sp³-hybridized carbons (Fsp3) is 0.708. The summed E-state index contributed by atoms with van der Waals surface area (Å²) in [6, 6.07) is 3.31. The van der Waals surface area contributed by atoms with Crippen LogP contribution in [0.1, 0.15) is 53.9 Å². The first-order valence-corrected chi connectivity index (χ1v) is 13.9. The molecule has 1 heterocycles. The Morgan fingerprint density at radius 3 is 2.44 bits per heavy atom. The van der Waals surface area contributed by atoms with Crippen LogP contribution in [0.3, 0.4) is 0 Å². The zero-order valence-corrected chi connectivity index (χ0v) is 23.1. The van der Waals surface area contributed by atoms with Crippen LogP contribution in [-0.4, -0.2) is 51.7 Å². The molecule has 4 fully saturated rings. The number of carbonyl (C=O) groups excluding carboxylic acids is 1. The molecule has 3 saturated carbocycles. The monoisotopic (exact) mass is 545 g/mol. The minimum Gasteiger partial charge on any atom is -0.404 e. The van der Waals surface area contributed by atoms with Crippen LogP contribution in [0, 0.1) is 29.0 Å². The van der Waals surface area contributed by atoms with Crippen molar-refractivity contribution in [2.24, 2.45) is 28.9 Å². The largest absolute Gasteiger partial charge is 0.481 e. The van der Waals surface area contributed by atoms with E-state index in [0.717, 1.165) is 37.1 Å². The standard InChI is InChI=1S/C24H37BFN3O5S.ClH/c1-14(2)10-21(25-33-20-12-15-11-19(23(15,3)4)24(20,5)34-25)29-22(30)18(27)13-28-35(31,32)17-8-6-16(26)7-9-17;/h6-9,14-15,18-21,28H,10-13,27H2,1-5H3,(H,29,30);1H/t15-,18-,19-,20+,21-,24-;/m0./s1. The summed E-state index contributed by atoms with van der Waals surface area (Å²) in [5.41, 5.74) is 5.85. The molecule has 1 aromatic rings. The van der Waals surface area contributed by atoms with Crippen molar-refractivity contribution in [1.29, 1.82) is 0 Å². The number of halogens is 2. The minimum absolute atomic E-state index is 0. The molecule has 3 aliphatic carbocycles. The van der Waals surface area contributed by atoms with Crippen molar-refractivity contribution >= 4 is 35.5 Å². The molecule has 4 N–H and O–H groups in total. The highest BCUT2D eigenvalue weighted by Crippen LogP contribution is 2.65. The van der Waals surface area contributed by atoms with Crippen LogP contribution in [-0.2, 0) is 24.1 Å². The van der Waals surface area contributed by atoms with E-state index in [0.29, 0.717) is 18.3 Å². The molecule has 36 heavy (non-hydrogen) atoms. The fourth-order valence-corrected chi connectivity index (χ4v) is 7.16. The number of sulfonamides is 1. The van der Waals surface area contributed by atoms with Gasteiger partial charge >= 0.3 is 7.12 Å². The number of rotatable bonds is 9. The van der Waals surface area contributed by atoms with Crippen LogP contribution in [0.15, 0.2) is 29.2 Å². The molecule has 4 aliphatic rings. The average Bonchev–Trinajstić information content (AvgIpc) is 3.14. The van der Waals surface area contributed by atoms with Crippen molar-refractivity contribution in [1.82, 2.24) is 10.0 Å². The molecule has 1 saturated heterocycles. The quantitative estimate of drug-likeness (QED) is 0.411. The molecule has 0 radical (unpaired) electrons. The first kappa shape index (κ1) is 29.3. The number of nitrogens with one attached hydrogen (secondary N) is 2. The summed E-state index contributed by atoms with van der Waals surface area (Å²) in [4.78, 5) is 12.8. The van der Waals surface area contributed by atoms with Crippen molar-refractivity contribution in [2.45, 2.75) is 82.5 Å². The Morgan fingerprint density at radius 1 is 1.22 bits per heavy atom. The maximum Gasteiger partial charge on any atom is 0.481 e. The summed E-state index contributed by atoms with van der Waals surface area (Å²) < 4.78 is 53.3. The van der Waals surface area contributed by atoms with Crippen LogP contribution in [0.4, 0.5) is 4.39 Å². The molecule has 1 aliphatic heterocycles. The van der Waals surface area contributed by atoms with E-state index in [-0.39, 0.29) is 41.3 Å². The average molecular weight is 546 g/mol. The topological polar surface area (TPSA) is 120 Å². The normalized spacial score (nSPS) is 30.1. The van der Waals surface area contributed by atoms with Gasteiger partial charge < -0.3 is 20.4 Å². The molecular formula is C24H38BClFN3O5S. The second-order valence-corrected chi connectivity index (χ2v) is 13.3. The second-order valence-electron chi connectivity index (χ2n) is 11.5. The summed E-state index contributed by atoms with van der Waals surface area (Å²) in [6.07, 6.45) is 2.71. The Hall–Kier alpha value is -1.24. The minimum atomic E-state index is -3.93. The molecule has 6 atom stereocenters. The predicted molar refractivity (Wildman–Crippen MR) is 138 cm³/mol. The summed E-state index contributed by atoms with van der Waals surface area (Å²) in [5, 5.41) is 2.95. The maximum absolute atomic E-state index is 13.1. The Balaban J connectivity index is 0.00000361. The Bertz CT molecular complexity index is 1060. The molecule has 202 valence electrons. The number of carbonyl (C=O) groups is 1. The maximum atomic E-state index is 13.1. The highest BCUT2D eigenvalue weighted by Gasteiger charge is 2.68. The summed E-state index contributed by atoms with van der Waals surface area (Å²) in [6.45, 7) is 10.5. The fourth-order valence-electron chi connectivity index (χ4n) is 6.10. The van der Waals surface area contributed by atoms with E-state index in [1.165, 1.54) is 0 Å². The third-order valence-electron chi connectivity index (χ3n) is 8.30. The van der Waals surface area contributed by atoms with Gasteiger partial charge in [-0.05, 0) is 73.6 Å². The van der Waals surface area contributed by atoms with Gasteiger partial charge in [-0.15, -0.1) is 12.4 Å². The van der Waals surface area contributed by atoms with Crippen LogP contribution in [0.5, 0.6) is 0 Å². The SMILES string of the molecule is CC(C)C[C@H](NC(=O)[C@@H](N)CNS(=O)(=O)c1ccc(F)cc1)B1O[C@@H]2C[C@@H]3C[C@@H](C3(C)C)[C@]2(C)O1.Cl. The lowest BCUT2D eigenvalue weighted by molar-refractivity contribution is -0.199. The number of amides is 1. The van der Waals surface area contributed by atoms with E-state index in [1.54, 1.807) is 0 Å². The van der Waals surface area contributed by atoms with Gasteiger partial charge in [0.05, 0.1) is 28.6 Å². The van der Waals surface area contributed by atoms with Gasteiger partial charge in [-0.1, -0.05) is 27.7 Å². The van der Waals surface area contributed by atoms with E-state index in [4.69, 9.17) is 15.0 Å². The first-order chi connectivity index (χ1) is 16.2. The molecule has 0 spiro atoms. The third-order valence-corrected chi connectivity index (χ3v) is 9.74.